The number of halogens is 1. The van der Waals surface area contributed by atoms with Crippen molar-refractivity contribution in [1.82, 2.24) is 14.8 Å². The second-order valence-corrected chi connectivity index (χ2v) is 4.60. The summed E-state index contributed by atoms with van der Waals surface area (Å²) in [4.78, 5) is 0. The molecular weight excluding hydrogens is 250 g/mol. The molecule has 5 heteroatoms. The molecule has 0 aliphatic rings. The largest absolute Gasteiger partial charge is 0.312 e. The first-order valence-corrected chi connectivity index (χ1v) is 6.41. The topological polar surface area (TPSA) is 30.7 Å². The van der Waals surface area contributed by atoms with Crippen LogP contribution in [-0.4, -0.2) is 25.8 Å². The summed E-state index contributed by atoms with van der Waals surface area (Å²) in [7, 11) is 1.97. The maximum atomic E-state index is 4.02. The first-order valence-electron chi connectivity index (χ1n) is 4.30. The fourth-order valence-corrected chi connectivity index (χ4v) is 2.95. The van der Waals surface area contributed by atoms with Gasteiger partial charge in [-0.05, 0) is 5.92 Å². The average Bonchev–Trinajstić information content (AvgIpc) is 2.54. The molecular formula is C8H14BrN3S. The van der Waals surface area contributed by atoms with Crippen LogP contribution in [0.4, 0.5) is 0 Å². The highest BCUT2D eigenvalue weighted by Gasteiger charge is 2.07. The Bertz CT molecular complexity index is 247. The molecule has 3 nitrogen and oxygen atoms in total. The minimum atomic E-state index is 0.724. The Balaban J connectivity index is 2.38. The Hall–Kier alpha value is -0.0300. The van der Waals surface area contributed by atoms with Crippen molar-refractivity contribution >= 4 is 27.7 Å². The van der Waals surface area contributed by atoms with Crippen molar-refractivity contribution < 1.29 is 0 Å². The monoisotopic (exact) mass is 263 g/mol. The zero-order chi connectivity index (χ0) is 9.68. The fourth-order valence-electron chi connectivity index (χ4n) is 0.867. The van der Waals surface area contributed by atoms with Crippen LogP contribution in [0.3, 0.4) is 0 Å². The number of nitrogens with zero attached hydrogens (tertiary/aromatic N) is 3. The first kappa shape index (κ1) is 11.0. The normalized spacial score (nSPS) is 13.2. The van der Waals surface area contributed by atoms with Gasteiger partial charge in [-0.25, -0.2) is 0 Å². The summed E-state index contributed by atoms with van der Waals surface area (Å²) in [6, 6.07) is 0. The predicted octanol–water partition coefficient (Wildman–Crippen LogP) is 2.33. The van der Waals surface area contributed by atoms with Crippen molar-refractivity contribution in [3.05, 3.63) is 6.33 Å². The van der Waals surface area contributed by atoms with Crippen molar-refractivity contribution in [1.29, 1.82) is 0 Å². The van der Waals surface area contributed by atoms with Crippen LogP contribution in [0.25, 0.3) is 0 Å². The van der Waals surface area contributed by atoms with E-state index in [-0.39, 0.29) is 0 Å². The van der Waals surface area contributed by atoms with Gasteiger partial charge in [-0.2, -0.15) is 0 Å². The van der Waals surface area contributed by atoms with Crippen molar-refractivity contribution in [2.45, 2.75) is 18.5 Å². The van der Waals surface area contributed by atoms with E-state index < -0.39 is 0 Å². The van der Waals surface area contributed by atoms with Gasteiger partial charge in [0.15, 0.2) is 5.16 Å². The molecule has 74 valence electrons. The summed E-state index contributed by atoms with van der Waals surface area (Å²) >= 11 is 5.27. The Morgan fingerprint density at radius 2 is 2.46 bits per heavy atom. The van der Waals surface area contributed by atoms with Crippen LogP contribution < -0.4 is 0 Å². The Morgan fingerprint density at radius 1 is 1.69 bits per heavy atom. The molecule has 0 N–H and O–H groups in total. The molecule has 0 bridgehead atoms. The van der Waals surface area contributed by atoms with E-state index in [1.807, 2.05) is 11.6 Å². The molecule has 1 rings (SSSR count). The van der Waals surface area contributed by atoms with Crippen molar-refractivity contribution in [2.24, 2.45) is 13.0 Å². The summed E-state index contributed by atoms with van der Waals surface area (Å²) in [5, 5.41) is 9.91. The Kier molecular flexibility index (Phi) is 4.80. The number of alkyl halides is 1. The molecule has 1 unspecified atom stereocenters. The SMILES string of the molecule is CCC(CBr)CSc1nncn1C. The summed E-state index contributed by atoms with van der Waals surface area (Å²) in [5.74, 6) is 1.83. The summed E-state index contributed by atoms with van der Waals surface area (Å²) in [5.41, 5.74) is 0. The Labute approximate surface area is 91.4 Å². The highest BCUT2D eigenvalue weighted by molar-refractivity contribution is 9.09. The van der Waals surface area contributed by atoms with Gasteiger partial charge in [-0.1, -0.05) is 41.0 Å². The van der Waals surface area contributed by atoms with Gasteiger partial charge in [-0.3, -0.25) is 0 Å². The zero-order valence-electron chi connectivity index (χ0n) is 7.90. The van der Waals surface area contributed by atoms with Crippen molar-refractivity contribution in [2.75, 3.05) is 11.1 Å². The van der Waals surface area contributed by atoms with E-state index in [0.29, 0.717) is 0 Å². The van der Waals surface area contributed by atoms with E-state index in [4.69, 9.17) is 0 Å². The minimum absolute atomic E-state index is 0.724. The van der Waals surface area contributed by atoms with Crippen LogP contribution >= 0.6 is 27.7 Å². The molecule has 1 atom stereocenters. The molecule has 0 radical (unpaired) electrons. The third-order valence-corrected chi connectivity index (χ3v) is 4.10. The van der Waals surface area contributed by atoms with Crippen LogP contribution in [0, 0.1) is 5.92 Å². The van der Waals surface area contributed by atoms with Crippen LogP contribution in [0.2, 0.25) is 0 Å². The molecule has 0 aromatic carbocycles. The molecule has 0 aliphatic heterocycles. The number of hydrogen-bond acceptors (Lipinski definition) is 3. The smallest absolute Gasteiger partial charge is 0.190 e. The maximum Gasteiger partial charge on any atom is 0.190 e. The van der Waals surface area contributed by atoms with Gasteiger partial charge in [0.1, 0.15) is 6.33 Å². The number of rotatable bonds is 5. The molecule has 0 fully saturated rings. The molecule has 13 heavy (non-hydrogen) atoms. The van der Waals surface area contributed by atoms with Gasteiger partial charge >= 0.3 is 0 Å². The van der Waals surface area contributed by atoms with E-state index in [1.54, 1.807) is 18.1 Å². The average molecular weight is 264 g/mol. The van der Waals surface area contributed by atoms with E-state index >= 15 is 0 Å². The second kappa shape index (κ2) is 5.65. The highest BCUT2D eigenvalue weighted by Crippen LogP contribution is 2.20. The molecule has 0 saturated carbocycles. The number of hydrogen-bond donors (Lipinski definition) is 0. The third-order valence-electron chi connectivity index (χ3n) is 1.91. The van der Waals surface area contributed by atoms with Gasteiger partial charge in [0.05, 0.1) is 0 Å². The lowest BCUT2D eigenvalue weighted by Crippen LogP contribution is -2.04. The summed E-state index contributed by atoms with van der Waals surface area (Å²) < 4.78 is 1.95. The van der Waals surface area contributed by atoms with Crippen LogP contribution in [-0.2, 0) is 7.05 Å². The second-order valence-electron chi connectivity index (χ2n) is 2.96. The standard InChI is InChI=1S/C8H14BrN3S/c1-3-7(4-9)5-13-8-11-10-6-12(8)2/h6-7H,3-5H2,1-2H3. The molecule has 0 saturated heterocycles. The van der Waals surface area contributed by atoms with E-state index in [2.05, 4.69) is 33.1 Å². The zero-order valence-corrected chi connectivity index (χ0v) is 10.3. The quantitative estimate of drug-likeness (QED) is 0.604. The van der Waals surface area contributed by atoms with Crippen LogP contribution in [0.15, 0.2) is 11.5 Å². The van der Waals surface area contributed by atoms with Crippen molar-refractivity contribution in [3.8, 4) is 0 Å². The summed E-state index contributed by atoms with van der Waals surface area (Å²) in [6.07, 6.45) is 2.94. The fraction of sp³-hybridized carbons (Fsp3) is 0.750. The van der Waals surface area contributed by atoms with Gasteiger partial charge in [0.25, 0.3) is 0 Å². The van der Waals surface area contributed by atoms with E-state index in [1.165, 1.54) is 6.42 Å². The molecule has 1 heterocycles. The summed E-state index contributed by atoms with van der Waals surface area (Å²) in [6.45, 7) is 2.21. The van der Waals surface area contributed by atoms with Gasteiger partial charge < -0.3 is 4.57 Å². The molecule has 1 aromatic heterocycles. The van der Waals surface area contributed by atoms with Crippen LogP contribution in [0.5, 0.6) is 0 Å². The lowest BCUT2D eigenvalue weighted by atomic mass is 10.2. The first-order chi connectivity index (χ1) is 6.27. The minimum Gasteiger partial charge on any atom is -0.312 e. The van der Waals surface area contributed by atoms with E-state index in [0.717, 1.165) is 22.2 Å². The Morgan fingerprint density at radius 3 is 2.92 bits per heavy atom. The lowest BCUT2D eigenvalue weighted by Gasteiger charge is -2.09. The number of aromatic nitrogens is 3. The molecule has 0 spiro atoms. The molecule has 1 aromatic rings. The highest BCUT2D eigenvalue weighted by atomic mass is 79.9. The maximum absolute atomic E-state index is 4.02. The predicted molar refractivity (Wildman–Crippen MR) is 59.3 cm³/mol. The molecule has 0 amide bonds. The molecule has 0 aliphatic carbocycles. The number of aryl methyl sites for hydroxylation is 1. The third kappa shape index (κ3) is 3.31. The number of thioether (sulfide) groups is 1. The van der Waals surface area contributed by atoms with Gasteiger partial charge in [-0.15, -0.1) is 10.2 Å². The van der Waals surface area contributed by atoms with Gasteiger partial charge in [0.2, 0.25) is 0 Å². The lowest BCUT2D eigenvalue weighted by molar-refractivity contribution is 0.649. The van der Waals surface area contributed by atoms with Crippen LogP contribution in [0.1, 0.15) is 13.3 Å². The van der Waals surface area contributed by atoms with Crippen molar-refractivity contribution in [3.63, 3.8) is 0 Å². The van der Waals surface area contributed by atoms with Gasteiger partial charge in [0, 0.05) is 18.1 Å². The van der Waals surface area contributed by atoms with E-state index in [9.17, 15) is 0 Å².